The van der Waals surface area contributed by atoms with Gasteiger partial charge in [0.05, 0.1) is 17.5 Å². The highest BCUT2D eigenvalue weighted by Gasteiger charge is 2.31. The van der Waals surface area contributed by atoms with Crippen molar-refractivity contribution in [1.82, 2.24) is 0 Å². The van der Waals surface area contributed by atoms with E-state index in [1.165, 1.54) is 22.6 Å². The summed E-state index contributed by atoms with van der Waals surface area (Å²) in [6.45, 7) is 7.72. The van der Waals surface area contributed by atoms with Gasteiger partial charge in [0.1, 0.15) is 0 Å². The van der Waals surface area contributed by atoms with Crippen molar-refractivity contribution in [2.45, 2.75) is 32.4 Å². The molecule has 0 aromatic heterocycles. The van der Waals surface area contributed by atoms with Crippen LogP contribution in [-0.4, -0.2) is 12.7 Å². The van der Waals surface area contributed by atoms with Crippen molar-refractivity contribution in [2.24, 2.45) is 0 Å². The van der Waals surface area contributed by atoms with Crippen LogP contribution in [0.4, 0.5) is 17.1 Å². The maximum atomic E-state index is 3.47. The summed E-state index contributed by atoms with van der Waals surface area (Å²) >= 11 is 0. The van der Waals surface area contributed by atoms with Crippen molar-refractivity contribution in [3.05, 3.63) is 17.7 Å². The minimum absolute atomic E-state index is 0. The minimum Gasteiger partial charge on any atom is -0.384 e. The maximum absolute atomic E-state index is 3.47. The van der Waals surface area contributed by atoms with Crippen LogP contribution in [0.25, 0.3) is 0 Å². The van der Waals surface area contributed by atoms with Crippen molar-refractivity contribution < 1.29 is 0 Å². The summed E-state index contributed by atoms with van der Waals surface area (Å²) in [5, 5.41) is 10.3. The average molecular weight is 276 g/mol. The molecule has 96 valence electrons. The smallest absolute Gasteiger partial charge is 0.0935 e. The number of hydrogen-bond acceptors (Lipinski definition) is 3. The summed E-state index contributed by atoms with van der Waals surface area (Å²) in [5.41, 5.74) is 5.40. The van der Waals surface area contributed by atoms with E-state index in [1.54, 1.807) is 0 Å². The van der Waals surface area contributed by atoms with Gasteiger partial charge in [-0.25, -0.2) is 0 Å². The molecule has 1 unspecified atom stereocenters. The summed E-state index contributed by atoms with van der Waals surface area (Å²) in [6.07, 6.45) is 0.339. The Bertz CT molecular complexity index is 432. The third-order valence-corrected chi connectivity index (χ3v) is 3.35. The molecular weight excluding hydrogens is 257 g/mol. The predicted molar refractivity (Wildman–Crippen MR) is 79.2 cm³/mol. The molecule has 2 aliphatic rings. The molecule has 5 heteroatoms. The molecule has 0 radical (unpaired) electrons. The second-order valence-corrected chi connectivity index (χ2v) is 5.19. The van der Waals surface area contributed by atoms with Crippen LogP contribution < -0.4 is 16.0 Å². The molecule has 1 aromatic carbocycles. The van der Waals surface area contributed by atoms with E-state index in [2.05, 4.69) is 48.9 Å². The lowest BCUT2D eigenvalue weighted by Crippen LogP contribution is -2.19. The fourth-order valence-electron chi connectivity index (χ4n) is 2.46. The van der Waals surface area contributed by atoms with E-state index in [0.29, 0.717) is 6.17 Å². The zero-order valence-corrected chi connectivity index (χ0v) is 11.9. The highest BCUT2D eigenvalue weighted by Crippen LogP contribution is 2.42. The molecule has 0 saturated carbocycles. The fourth-order valence-corrected chi connectivity index (χ4v) is 2.46. The van der Waals surface area contributed by atoms with Crippen molar-refractivity contribution >= 4 is 41.9 Å². The van der Waals surface area contributed by atoms with Gasteiger partial charge in [-0.2, -0.15) is 0 Å². The molecule has 0 spiro atoms. The van der Waals surface area contributed by atoms with Gasteiger partial charge in [0, 0.05) is 17.6 Å². The van der Waals surface area contributed by atoms with Gasteiger partial charge < -0.3 is 16.0 Å². The van der Waals surface area contributed by atoms with Gasteiger partial charge in [-0.3, -0.25) is 0 Å². The average Bonchev–Trinajstić information content (AvgIpc) is 2.64. The Hall–Kier alpha value is -0.800. The lowest BCUT2D eigenvalue weighted by molar-refractivity contribution is 0.586. The standard InChI is InChI=1S/C12H17N3.2ClH/c1-7-14-10-4-8-9(5-11(10)15-7)13-6-12(8,2)3;;/h4-5,7,13-15H,6H2,1-3H3;2*1H. The van der Waals surface area contributed by atoms with Gasteiger partial charge >= 0.3 is 0 Å². The first-order valence-corrected chi connectivity index (χ1v) is 5.52. The van der Waals surface area contributed by atoms with E-state index in [1.807, 2.05) is 0 Å². The number of benzene rings is 1. The lowest BCUT2D eigenvalue weighted by Gasteiger charge is -2.17. The molecular formula is C12H19Cl2N3. The van der Waals surface area contributed by atoms with Crippen LogP contribution >= 0.6 is 24.8 Å². The summed E-state index contributed by atoms with van der Waals surface area (Å²) in [6, 6.07) is 4.50. The normalized spacial score (nSPS) is 21.9. The Labute approximate surface area is 115 Å². The minimum atomic E-state index is 0. The largest absolute Gasteiger partial charge is 0.384 e. The number of fused-ring (bicyclic) bond motifs is 2. The molecule has 1 atom stereocenters. The van der Waals surface area contributed by atoms with E-state index >= 15 is 0 Å². The zero-order valence-electron chi connectivity index (χ0n) is 10.3. The van der Waals surface area contributed by atoms with Crippen LogP contribution in [0.1, 0.15) is 26.3 Å². The summed E-state index contributed by atoms with van der Waals surface area (Å²) in [4.78, 5) is 0. The molecule has 2 aliphatic heterocycles. The first-order chi connectivity index (χ1) is 7.06. The van der Waals surface area contributed by atoms with Gasteiger partial charge in [0.25, 0.3) is 0 Å². The van der Waals surface area contributed by atoms with Gasteiger partial charge in [-0.05, 0) is 24.6 Å². The Morgan fingerprint density at radius 1 is 1.06 bits per heavy atom. The van der Waals surface area contributed by atoms with Crippen LogP contribution in [0.15, 0.2) is 12.1 Å². The second kappa shape index (κ2) is 4.46. The third kappa shape index (κ3) is 2.14. The highest BCUT2D eigenvalue weighted by molar-refractivity contribution is 5.85. The topological polar surface area (TPSA) is 36.1 Å². The van der Waals surface area contributed by atoms with Crippen molar-refractivity contribution in [1.29, 1.82) is 0 Å². The van der Waals surface area contributed by atoms with Crippen LogP contribution in [0.5, 0.6) is 0 Å². The van der Waals surface area contributed by atoms with Gasteiger partial charge in [-0.1, -0.05) is 13.8 Å². The molecule has 0 amide bonds. The molecule has 0 aliphatic carbocycles. The van der Waals surface area contributed by atoms with Crippen LogP contribution in [0.3, 0.4) is 0 Å². The maximum Gasteiger partial charge on any atom is 0.0935 e. The first kappa shape index (κ1) is 14.3. The molecule has 3 nitrogen and oxygen atoms in total. The number of rotatable bonds is 0. The number of nitrogens with one attached hydrogen (secondary N) is 3. The third-order valence-electron chi connectivity index (χ3n) is 3.35. The van der Waals surface area contributed by atoms with E-state index in [4.69, 9.17) is 0 Å². The van der Waals surface area contributed by atoms with Gasteiger partial charge in [0.2, 0.25) is 0 Å². The zero-order chi connectivity index (χ0) is 10.6. The van der Waals surface area contributed by atoms with Crippen molar-refractivity contribution in [3.8, 4) is 0 Å². The summed E-state index contributed by atoms with van der Waals surface area (Å²) < 4.78 is 0. The van der Waals surface area contributed by atoms with Crippen LogP contribution in [0, 0.1) is 0 Å². The molecule has 3 rings (SSSR count). The Kier molecular flexibility index (Phi) is 3.75. The molecule has 1 aromatic rings. The molecule has 2 heterocycles. The molecule has 0 saturated heterocycles. The number of hydrogen-bond donors (Lipinski definition) is 3. The fraction of sp³-hybridized carbons (Fsp3) is 0.500. The SMILES string of the molecule is CC1Nc2cc3c(cc2N1)C(C)(C)CN3.Cl.Cl. The Morgan fingerprint density at radius 3 is 2.29 bits per heavy atom. The van der Waals surface area contributed by atoms with E-state index in [0.717, 1.165) is 6.54 Å². The van der Waals surface area contributed by atoms with Gasteiger partial charge in [-0.15, -0.1) is 24.8 Å². The Balaban J connectivity index is 0.000000722. The van der Waals surface area contributed by atoms with Crippen LogP contribution in [-0.2, 0) is 5.41 Å². The molecule has 0 fully saturated rings. The number of halogens is 2. The molecule has 3 N–H and O–H groups in total. The Morgan fingerprint density at radius 2 is 1.65 bits per heavy atom. The van der Waals surface area contributed by atoms with E-state index in [-0.39, 0.29) is 30.2 Å². The van der Waals surface area contributed by atoms with Crippen molar-refractivity contribution in [3.63, 3.8) is 0 Å². The number of anilines is 3. The predicted octanol–water partition coefficient (Wildman–Crippen LogP) is 3.42. The second-order valence-electron chi connectivity index (χ2n) is 5.19. The summed E-state index contributed by atoms with van der Waals surface area (Å²) in [5.74, 6) is 0. The molecule has 17 heavy (non-hydrogen) atoms. The van der Waals surface area contributed by atoms with Gasteiger partial charge in [0.15, 0.2) is 0 Å². The van der Waals surface area contributed by atoms with Crippen molar-refractivity contribution in [2.75, 3.05) is 22.5 Å². The lowest BCUT2D eigenvalue weighted by atomic mass is 9.86. The summed E-state index contributed by atoms with van der Waals surface area (Å²) in [7, 11) is 0. The highest BCUT2D eigenvalue weighted by atomic mass is 35.5. The van der Waals surface area contributed by atoms with E-state index < -0.39 is 0 Å². The van der Waals surface area contributed by atoms with Crippen LogP contribution in [0.2, 0.25) is 0 Å². The monoisotopic (exact) mass is 275 g/mol. The first-order valence-electron chi connectivity index (χ1n) is 5.52. The quantitative estimate of drug-likeness (QED) is 0.679. The van der Waals surface area contributed by atoms with E-state index in [9.17, 15) is 0 Å². The molecule has 0 bridgehead atoms.